The Bertz CT molecular complexity index is 1160. The van der Waals surface area contributed by atoms with Crippen LogP contribution in [0.5, 0.6) is 5.75 Å². The van der Waals surface area contributed by atoms with Crippen LogP contribution >= 0.6 is 0 Å². The lowest BCUT2D eigenvalue weighted by atomic mass is 9.94. The van der Waals surface area contributed by atoms with Crippen LogP contribution in [0.15, 0.2) is 42.5 Å². The average Bonchev–Trinajstić information content (AvgIpc) is 3.28. The third-order valence-corrected chi connectivity index (χ3v) is 7.40. The van der Waals surface area contributed by atoms with E-state index in [4.69, 9.17) is 14.2 Å². The van der Waals surface area contributed by atoms with E-state index in [0.29, 0.717) is 29.8 Å². The van der Waals surface area contributed by atoms with Crippen molar-refractivity contribution in [3.8, 4) is 5.75 Å². The molecule has 3 atom stereocenters. The summed E-state index contributed by atoms with van der Waals surface area (Å²) in [5.41, 5.74) is 3.48. The topological polar surface area (TPSA) is 106 Å². The van der Waals surface area contributed by atoms with Crippen molar-refractivity contribution in [2.45, 2.75) is 56.4 Å². The van der Waals surface area contributed by atoms with Gasteiger partial charge in [-0.3, -0.25) is 14.4 Å². The molecule has 5 rings (SSSR count). The van der Waals surface area contributed by atoms with Gasteiger partial charge in [0.15, 0.2) is 0 Å². The molecule has 1 aliphatic carbocycles. The van der Waals surface area contributed by atoms with Gasteiger partial charge in [-0.15, -0.1) is 0 Å². The van der Waals surface area contributed by atoms with Crippen LogP contribution in [0.4, 0.5) is 5.69 Å². The summed E-state index contributed by atoms with van der Waals surface area (Å²) in [6.45, 7) is 0.191. The van der Waals surface area contributed by atoms with E-state index in [0.717, 1.165) is 12.8 Å². The molecule has 9 heteroatoms. The zero-order valence-corrected chi connectivity index (χ0v) is 21.2. The van der Waals surface area contributed by atoms with Crippen LogP contribution in [0.25, 0.3) is 0 Å². The van der Waals surface area contributed by atoms with Gasteiger partial charge < -0.3 is 29.7 Å². The maximum Gasteiger partial charge on any atom is 0.257 e. The predicted molar refractivity (Wildman–Crippen MR) is 137 cm³/mol. The number of hydrogen-bond donors (Lipinski definition) is 2. The molecule has 0 saturated carbocycles. The number of carbonyl (C=O) groups excluding carboxylic acids is 3. The van der Waals surface area contributed by atoms with Crippen molar-refractivity contribution in [2.75, 3.05) is 32.7 Å². The maximum atomic E-state index is 13.3. The van der Waals surface area contributed by atoms with Crippen molar-refractivity contribution in [1.82, 2.24) is 10.2 Å². The Kier molecular flexibility index (Phi) is 7.43. The van der Waals surface area contributed by atoms with E-state index < -0.39 is 0 Å². The Morgan fingerprint density at radius 1 is 1.08 bits per heavy atom. The van der Waals surface area contributed by atoms with E-state index in [2.05, 4.69) is 22.8 Å². The van der Waals surface area contributed by atoms with Gasteiger partial charge >= 0.3 is 0 Å². The first kappa shape index (κ1) is 25.2. The van der Waals surface area contributed by atoms with Crippen molar-refractivity contribution >= 4 is 23.4 Å². The summed E-state index contributed by atoms with van der Waals surface area (Å²) < 4.78 is 17.2. The molecular formula is C28H33N3O6. The standard InChI is InChI=1S/C28H33N3O6/c1-31-23-9-8-21(14-26(32)30-20-11-17-5-3-4-6-18(17)12-20)37-25(23)15-36-24-10-7-19(13-22(24)28(31)34)29-27(33)16-35-2/h3-7,10,13,20-21,23,25H,8-9,11-12,14-16H2,1-2H3,(H,29,33)(H,30,32)/t21-,23+,25+/m1/s1. The second-order valence-corrected chi connectivity index (χ2v) is 10.0. The minimum absolute atomic E-state index is 0.00848. The van der Waals surface area contributed by atoms with Gasteiger partial charge in [-0.2, -0.15) is 0 Å². The molecule has 9 nitrogen and oxygen atoms in total. The predicted octanol–water partition coefficient (Wildman–Crippen LogP) is 2.33. The summed E-state index contributed by atoms with van der Waals surface area (Å²) >= 11 is 0. The Morgan fingerprint density at radius 3 is 2.57 bits per heavy atom. The van der Waals surface area contributed by atoms with Gasteiger partial charge in [0.2, 0.25) is 11.8 Å². The SMILES string of the molecule is COCC(=O)Nc1ccc2c(c1)C(=O)N(C)[C@H]1CC[C@H](CC(=O)NC3Cc4ccccc4C3)O[C@H]1CO2. The highest BCUT2D eigenvalue weighted by Crippen LogP contribution is 2.32. The lowest BCUT2D eigenvalue weighted by Crippen LogP contribution is -2.54. The Balaban J connectivity index is 1.20. The van der Waals surface area contributed by atoms with Gasteiger partial charge in [-0.1, -0.05) is 24.3 Å². The molecule has 0 spiro atoms. The van der Waals surface area contributed by atoms with Crippen molar-refractivity contribution in [3.63, 3.8) is 0 Å². The van der Waals surface area contributed by atoms with Gasteiger partial charge in [0, 0.05) is 25.9 Å². The van der Waals surface area contributed by atoms with Crippen molar-refractivity contribution < 1.29 is 28.6 Å². The van der Waals surface area contributed by atoms with Gasteiger partial charge in [0.1, 0.15) is 25.1 Å². The van der Waals surface area contributed by atoms with Crippen LogP contribution in [0.1, 0.15) is 40.7 Å². The van der Waals surface area contributed by atoms with E-state index in [-0.39, 0.29) is 61.6 Å². The van der Waals surface area contributed by atoms with Gasteiger partial charge in [0.05, 0.1) is 24.1 Å². The van der Waals surface area contributed by atoms with Crippen LogP contribution in [0.2, 0.25) is 0 Å². The molecule has 2 heterocycles. The van der Waals surface area contributed by atoms with Crippen molar-refractivity contribution in [2.24, 2.45) is 0 Å². The molecule has 2 aromatic carbocycles. The van der Waals surface area contributed by atoms with Crippen LogP contribution in [0.3, 0.4) is 0 Å². The van der Waals surface area contributed by atoms with E-state index in [9.17, 15) is 14.4 Å². The summed E-state index contributed by atoms with van der Waals surface area (Å²) in [6.07, 6.45) is 2.82. The molecule has 2 N–H and O–H groups in total. The molecule has 1 fully saturated rings. The normalized spacial score (nSPS) is 23.1. The molecule has 196 valence electrons. The molecular weight excluding hydrogens is 474 g/mol. The third kappa shape index (κ3) is 5.62. The number of nitrogens with zero attached hydrogens (tertiary/aromatic N) is 1. The number of rotatable bonds is 6. The smallest absolute Gasteiger partial charge is 0.257 e. The first-order chi connectivity index (χ1) is 17.9. The summed E-state index contributed by atoms with van der Waals surface area (Å²) in [5.74, 6) is -0.0772. The van der Waals surface area contributed by atoms with Gasteiger partial charge in [-0.25, -0.2) is 0 Å². The van der Waals surface area contributed by atoms with Crippen LogP contribution in [0, 0.1) is 0 Å². The fourth-order valence-electron chi connectivity index (χ4n) is 5.59. The number of amides is 3. The molecule has 0 aromatic heterocycles. The number of ether oxygens (including phenoxy) is 3. The summed E-state index contributed by atoms with van der Waals surface area (Å²) in [4.78, 5) is 39.7. The highest BCUT2D eigenvalue weighted by molar-refractivity contribution is 6.00. The van der Waals surface area contributed by atoms with Crippen LogP contribution in [-0.2, 0) is 31.9 Å². The van der Waals surface area contributed by atoms with Gasteiger partial charge in [0.25, 0.3) is 5.91 Å². The first-order valence-corrected chi connectivity index (χ1v) is 12.8. The minimum Gasteiger partial charge on any atom is -0.490 e. The number of methoxy groups -OCH3 is 1. The summed E-state index contributed by atoms with van der Waals surface area (Å²) in [5, 5.41) is 5.89. The largest absolute Gasteiger partial charge is 0.490 e. The first-order valence-electron chi connectivity index (χ1n) is 12.8. The molecule has 0 unspecified atom stereocenters. The van der Waals surface area contributed by atoms with Crippen molar-refractivity contribution in [3.05, 3.63) is 59.2 Å². The number of fused-ring (bicyclic) bond motifs is 3. The summed E-state index contributed by atoms with van der Waals surface area (Å²) in [6, 6.07) is 13.3. The lowest BCUT2D eigenvalue weighted by molar-refractivity contribution is -0.134. The number of nitrogens with one attached hydrogen (secondary N) is 2. The molecule has 37 heavy (non-hydrogen) atoms. The average molecular weight is 508 g/mol. The number of benzene rings is 2. The molecule has 1 saturated heterocycles. The highest BCUT2D eigenvalue weighted by atomic mass is 16.5. The third-order valence-electron chi connectivity index (χ3n) is 7.40. The zero-order chi connectivity index (χ0) is 25.9. The minimum atomic E-state index is -0.342. The Morgan fingerprint density at radius 2 is 1.84 bits per heavy atom. The van der Waals surface area contributed by atoms with Crippen molar-refractivity contribution in [1.29, 1.82) is 0 Å². The second-order valence-electron chi connectivity index (χ2n) is 10.0. The zero-order valence-electron chi connectivity index (χ0n) is 21.2. The Hall–Kier alpha value is -3.43. The summed E-state index contributed by atoms with van der Waals surface area (Å²) in [7, 11) is 3.21. The number of hydrogen-bond acceptors (Lipinski definition) is 6. The van der Waals surface area contributed by atoms with Crippen LogP contribution < -0.4 is 15.4 Å². The van der Waals surface area contributed by atoms with E-state index in [1.54, 1.807) is 30.1 Å². The molecule has 2 aromatic rings. The number of anilines is 1. The molecule has 3 amide bonds. The highest BCUT2D eigenvalue weighted by Gasteiger charge is 2.39. The molecule has 0 radical (unpaired) electrons. The van der Waals surface area contributed by atoms with E-state index in [1.807, 2.05) is 12.1 Å². The fraction of sp³-hybridized carbons (Fsp3) is 0.464. The van der Waals surface area contributed by atoms with E-state index >= 15 is 0 Å². The van der Waals surface area contributed by atoms with Crippen LogP contribution in [-0.4, -0.2) is 74.3 Å². The number of likely N-dealkylation sites (N-methyl/N-ethyl adjacent to an activating group) is 1. The van der Waals surface area contributed by atoms with E-state index in [1.165, 1.54) is 18.2 Å². The monoisotopic (exact) mass is 507 g/mol. The quantitative estimate of drug-likeness (QED) is 0.622. The molecule has 2 aliphatic heterocycles. The lowest BCUT2D eigenvalue weighted by Gasteiger charge is -2.42. The maximum absolute atomic E-state index is 13.3. The fourth-order valence-corrected chi connectivity index (χ4v) is 5.59. The molecule has 0 bridgehead atoms. The second kappa shape index (κ2) is 10.9. The number of carbonyl (C=O) groups is 3. The van der Waals surface area contributed by atoms with Gasteiger partial charge in [-0.05, 0) is 55.0 Å². The Labute approximate surface area is 216 Å². The molecule has 3 aliphatic rings.